The Kier molecular flexibility index (Phi) is 4.46. The Balaban J connectivity index is 2.13. The smallest absolute Gasteiger partial charge is 0.253 e. The SMILES string of the molecule is CN(Cc1ccc(Cl)cc1Cl)C(=O)c1ccccc1. The van der Waals surface area contributed by atoms with Crippen LogP contribution in [0.3, 0.4) is 0 Å². The third-order valence-corrected chi connectivity index (χ3v) is 3.38. The van der Waals surface area contributed by atoms with Crippen molar-refractivity contribution in [3.63, 3.8) is 0 Å². The van der Waals surface area contributed by atoms with Crippen LogP contribution in [-0.2, 0) is 6.54 Å². The number of carbonyl (C=O) groups excluding carboxylic acids is 1. The quantitative estimate of drug-likeness (QED) is 0.828. The van der Waals surface area contributed by atoms with E-state index in [1.807, 2.05) is 24.3 Å². The molecule has 0 aliphatic carbocycles. The Bertz CT molecular complexity index is 584. The van der Waals surface area contributed by atoms with Gasteiger partial charge in [0, 0.05) is 29.2 Å². The van der Waals surface area contributed by atoms with E-state index in [1.54, 1.807) is 36.2 Å². The minimum Gasteiger partial charge on any atom is -0.337 e. The first-order valence-electron chi connectivity index (χ1n) is 5.82. The van der Waals surface area contributed by atoms with Gasteiger partial charge in [0.2, 0.25) is 0 Å². The molecule has 0 radical (unpaired) electrons. The molecule has 0 spiro atoms. The summed E-state index contributed by atoms with van der Waals surface area (Å²) in [6.45, 7) is 0.448. The highest BCUT2D eigenvalue weighted by Gasteiger charge is 2.12. The zero-order valence-corrected chi connectivity index (χ0v) is 11.9. The van der Waals surface area contributed by atoms with Gasteiger partial charge in [-0.05, 0) is 29.8 Å². The summed E-state index contributed by atoms with van der Waals surface area (Å²) in [7, 11) is 1.75. The Morgan fingerprint density at radius 3 is 2.42 bits per heavy atom. The Morgan fingerprint density at radius 1 is 1.11 bits per heavy atom. The first-order chi connectivity index (χ1) is 9.08. The number of rotatable bonds is 3. The molecule has 0 atom stereocenters. The molecule has 4 heteroatoms. The predicted molar refractivity (Wildman–Crippen MR) is 78.7 cm³/mol. The standard InChI is InChI=1S/C15H13Cl2NO/c1-18(15(19)11-5-3-2-4-6-11)10-12-7-8-13(16)9-14(12)17/h2-9H,10H2,1H3. The first kappa shape index (κ1) is 13.9. The lowest BCUT2D eigenvalue weighted by Gasteiger charge is -2.18. The lowest BCUT2D eigenvalue weighted by Crippen LogP contribution is -2.26. The number of carbonyl (C=O) groups is 1. The van der Waals surface area contributed by atoms with E-state index in [4.69, 9.17) is 23.2 Å². The number of halogens is 2. The summed E-state index contributed by atoms with van der Waals surface area (Å²) in [4.78, 5) is 13.8. The fourth-order valence-electron chi connectivity index (χ4n) is 1.78. The van der Waals surface area contributed by atoms with Crippen LogP contribution in [0.1, 0.15) is 15.9 Å². The molecule has 2 aromatic rings. The molecule has 0 bridgehead atoms. The maximum atomic E-state index is 12.2. The Labute approximate surface area is 122 Å². The maximum Gasteiger partial charge on any atom is 0.253 e. The van der Waals surface area contributed by atoms with Crippen LogP contribution in [-0.4, -0.2) is 17.9 Å². The molecule has 2 nitrogen and oxygen atoms in total. The van der Waals surface area contributed by atoms with Crippen LogP contribution in [0.15, 0.2) is 48.5 Å². The summed E-state index contributed by atoms with van der Waals surface area (Å²) in [6, 6.07) is 14.4. The molecule has 0 heterocycles. The summed E-state index contributed by atoms with van der Waals surface area (Å²) in [5.41, 5.74) is 1.54. The van der Waals surface area contributed by atoms with Crippen molar-refractivity contribution >= 4 is 29.1 Å². The van der Waals surface area contributed by atoms with Crippen molar-refractivity contribution in [2.24, 2.45) is 0 Å². The highest BCUT2D eigenvalue weighted by Crippen LogP contribution is 2.22. The van der Waals surface area contributed by atoms with Gasteiger partial charge < -0.3 is 4.90 Å². The van der Waals surface area contributed by atoms with Gasteiger partial charge in [-0.15, -0.1) is 0 Å². The summed E-state index contributed by atoms with van der Waals surface area (Å²) < 4.78 is 0. The van der Waals surface area contributed by atoms with Gasteiger partial charge in [0.15, 0.2) is 0 Å². The van der Waals surface area contributed by atoms with Gasteiger partial charge >= 0.3 is 0 Å². The van der Waals surface area contributed by atoms with Crippen LogP contribution >= 0.6 is 23.2 Å². The second-order valence-electron chi connectivity index (χ2n) is 4.26. The van der Waals surface area contributed by atoms with Crippen molar-refractivity contribution in [1.82, 2.24) is 4.90 Å². The zero-order chi connectivity index (χ0) is 13.8. The predicted octanol–water partition coefficient (Wildman–Crippen LogP) is 4.27. The number of hydrogen-bond donors (Lipinski definition) is 0. The van der Waals surface area contributed by atoms with Crippen molar-refractivity contribution in [3.8, 4) is 0 Å². The normalized spacial score (nSPS) is 10.3. The number of benzene rings is 2. The highest BCUT2D eigenvalue weighted by atomic mass is 35.5. The molecule has 0 unspecified atom stereocenters. The van der Waals surface area contributed by atoms with Crippen LogP contribution in [0.25, 0.3) is 0 Å². The third-order valence-electron chi connectivity index (χ3n) is 2.79. The fraction of sp³-hybridized carbons (Fsp3) is 0.133. The lowest BCUT2D eigenvalue weighted by molar-refractivity contribution is 0.0785. The largest absolute Gasteiger partial charge is 0.337 e. The number of nitrogens with zero attached hydrogens (tertiary/aromatic N) is 1. The van der Waals surface area contributed by atoms with Crippen LogP contribution < -0.4 is 0 Å². The molecule has 98 valence electrons. The monoisotopic (exact) mass is 293 g/mol. The zero-order valence-electron chi connectivity index (χ0n) is 10.4. The van der Waals surface area contributed by atoms with E-state index in [2.05, 4.69) is 0 Å². The average Bonchev–Trinajstić information content (AvgIpc) is 2.42. The first-order valence-corrected chi connectivity index (χ1v) is 6.58. The second kappa shape index (κ2) is 6.09. The van der Waals surface area contributed by atoms with Gasteiger partial charge in [-0.25, -0.2) is 0 Å². The van der Waals surface area contributed by atoms with Crippen molar-refractivity contribution in [3.05, 3.63) is 69.7 Å². The van der Waals surface area contributed by atoms with Gasteiger partial charge in [-0.1, -0.05) is 47.5 Å². The van der Waals surface area contributed by atoms with Gasteiger partial charge in [-0.3, -0.25) is 4.79 Å². The third kappa shape index (κ3) is 3.49. The molecule has 0 aliphatic heterocycles. The molecule has 0 saturated carbocycles. The van der Waals surface area contributed by atoms with Crippen molar-refractivity contribution in [2.75, 3.05) is 7.05 Å². The van der Waals surface area contributed by atoms with Gasteiger partial charge in [-0.2, -0.15) is 0 Å². The van der Waals surface area contributed by atoms with E-state index in [9.17, 15) is 4.79 Å². The van der Waals surface area contributed by atoms with Crippen LogP contribution in [0.5, 0.6) is 0 Å². The van der Waals surface area contributed by atoms with Gasteiger partial charge in [0.05, 0.1) is 0 Å². The maximum absolute atomic E-state index is 12.2. The fourth-order valence-corrected chi connectivity index (χ4v) is 2.25. The van der Waals surface area contributed by atoms with Crippen molar-refractivity contribution in [1.29, 1.82) is 0 Å². The minimum absolute atomic E-state index is 0.0355. The molecular weight excluding hydrogens is 281 g/mol. The molecule has 0 N–H and O–H groups in total. The van der Waals surface area contributed by atoms with E-state index in [0.29, 0.717) is 22.2 Å². The van der Waals surface area contributed by atoms with E-state index in [1.165, 1.54) is 0 Å². The van der Waals surface area contributed by atoms with Crippen LogP contribution in [0, 0.1) is 0 Å². The summed E-state index contributed by atoms with van der Waals surface area (Å²) in [6.07, 6.45) is 0. The summed E-state index contributed by atoms with van der Waals surface area (Å²) in [5, 5.41) is 1.16. The van der Waals surface area contributed by atoms with Gasteiger partial charge in [0.1, 0.15) is 0 Å². The number of hydrogen-bond acceptors (Lipinski definition) is 1. The average molecular weight is 294 g/mol. The molecule has 2 rings (SSSR count). The van der Waals surface area contributed by atoms with Crippen molar-refractivity contribution < 1.29 is 4.79 Å². The van der Waals surface area contributed by atoms with Gasteiger partial charge in [0.25, 0.3) is 5.91 Å². The molecule has 0 saturated heterocycles. The molecular formula is C15H13Cl2NO. The minimum atomic E-state index is -0.0355. The van der Waals surface area contributed by atoms with Crippen molar-refractivity contribution in [2.45, 2.75) is 6.54 Å². The molecule has 2 aromatic carbocycles. The molecule has 0 aromatic heterocycles. The molecule has 19 heavy (non-hydrogen) atoms. The van der Waals surface area contributed by atoms with E-state index in [0.717, 1.165) is 5.56 Å². The van der Waals surface area contributed by atoms with Crippen LogP contribution in [0.2, 0.25) is 10.0 Å². The van der Waals surface area contributed by atoms with Crippen LogP contribution in [0.4, 0.5) is 0 Å². The van der Waals surface area contributed by atoms with E-state index >= 15 is 0 Å². The lowest BCUT2D eigenvalue weighted by atomic mass is 10.1. The summed E-state index contributed by atoms with van der Waals surface area (Å²) >= 11 is 11.9. The molecule has 0 aliphatic rings. The summed E-state index contributed by atoms with van der Waals surface area (Å²) in [5.74, 6) is -0.0355. The number of amides is 1. The topological polar surface area (TPSA) is 20.3 Å². The second-order valence-corrected chi connectivity index (χ2v) is 5.11. The Morgan fingerprint density at radius 2 is 1.79 bits per heavy atom. The highest BCUT2D eigenvalue weighted by molar-refractivity contribution is 6.35. The molecule has 1 amide bonds. The van der Waals surface area contributed by atoms with E-state index < -0.39 is 0 Å². The van der Waals surface area contributed by atoms with E-state index in [-0.39, 0.29) is 5.91 Å². The molecule has 0 fully saturated rings. The Hall–Kier alpha value is -1.51.